The maximum absolute atomic E-state index is 5.50. The number of morpholine rings is 2. The van der Waals surface area contributed by atoms with Crippen molar-refractivity contribution in [1.82, 2.24) is 4.90 Å². The van der Waals surface area contributed by atoms with Crippen molar-refractivity contribution in [2.45, 2.75) is 32.0 Å². The zero-order valence-corrected chi connectivity index (χ0v) is 7.82. The minimum absolute atomic E-state index is 0.498. The van der Waals surface area contributed by atoms with E-state index in [9.17, 15) is 0 Å². The highest BCUT2D eigenvalue weighted by atomic mass is 16.5. The molecule has 2 fully saturated rings. The van der Waals surface area contributed by atoms with E-state index in [2.05, 4.69) is 18.7 Å². The van der Waals surface area contributed by atoms with E-state index in [-0.39, 0.29) is 0 Å². The molecule has 2 aliphatic heterocycles. The van der Waals surface area contributed by atoms with E-state index in [4.69, 9.17) is 9.47 Å². The van der Waals surface area contributed by atoms with Crippen molar-refractivity contribution in [1.29, 1.82) is 0 Å². The maximum Gasteiger partial charge on any atom is 0.0645 e. The lowest BCUT2D eigenvalue weighted by molar-refractivity contribution is -0.148. The normalized spacial score (nSPS) is 37.2. The van der Waals surface area contributed by atoms with Crippen molar-refractivity contribution in [2.24, 2.45) is 0 Å². The number of fused-ring (bicyclic) bond motifs is 2. The van der Waals surface area contributed by atoms with Crippen LogP contribution >= 0.6 is 0 Å². The van der Waals surface area contributed by atoms with E-state index in [0.29, 0.717) is 18.1 Å². The molecule has 0 unspecified atom stereocenters. The Balaban J connectivity index is 2.08. The molecule has 0 aliphatic carbocycles. The monoisotopic (exact) mass is 171 g/mol. The van der Waals surface area contributed by atoms with Crippen molar-refractivity contribution in [3.05, 3.63) is 0 Å². The standard InChI is InChI=1S/C9H17NO2/c1-7(2)10-8-3-11-5-9(10)6-12-4-8/h7-9H,3-6H2,1-2H3. The third-order valence-corrected chi connectivity index (χ3v) is 2.68. The Morgan fingerprint density at radius 1 is 1.00 bits per heavy atom. The molecule has 2 aliphatic rings. The number of hydrogen-bond acceptors (Lipinski definition) is 3. The average molecular weight is 171 g/mol. The fourth-order valence-corrected chi connectivity index (χ4v) is 2.26. The molecule has 3 heteroatoms. The van der Waals surface area contributed by atoms with E-state index >= 15 is 0 Å². The molecule has 0 aromatic rings. The summed E-state index contributed by atoms with van der Waals surface area (Å²) in [5, 5.41) is 0. The molecule has 0 saturated carbocycles. The Labute approximate surface area is 73.6 Å². The van der Waals surface area contributed by atoms with Crippen LogP contribution in [0.3, 0.4) is 0 Å². The van der Waals surface area contributed by atoms with Crippen molar-refractivity contribution in [3.8, 4) is 0 Å². The third-order valence-electron chi connectivity index (χ3n) is 2.68. The van der Waals surface area contributed by atoms with Gasteiger partial charge in [-0.05, 0) is 13.8 Å². The summed E-state index contributed by atoms with van der Waals surface area (Å²) < 4.78 is 11.0. The number of nitrogens with zero attached hydrogens (tertiary/aromatic N) is 1. The Bertz CT molecular complexity index is 139. The third kappa shape index (κ3) is 1.37. The molecular formula is C9H17NO2. The largest absolute Gasteiger partial charge is 0.378 e. The first-order valence-corrected chi connectivity index (χ1v) is 4.72. The zero-order valence-electron chi connectivity index (χ0n) is 7.82. The van der Waals surface area contributed by atoms with Gasteiger partial charge in [-0.15, -0.1) is 0 Å². The molecule has 0 spiro atoms. The molecule has 12 heavy (non-hydrogen) atoms. The summed E-state index contributed by atoms with van der Waals surface area (Å²) >= 11 is 0. The van der Waals surface area contributed by atoms with Gasteiger partial charge in [0.2, 0.25) is 0 Å². The molecule has 0 N–H and O–H groups in total. The van der Waals surface area contributed by atoms with E-state index in [0.717, 1.165) is 26.4 Å². The summed E-state index contributed by atoms with van der Waals surface area (Å²) in [6, 6.07) is 1.61. The lowest BCUT2D eigenvalue weighted by atomic mass is 10.1. The maximum atomic E-state index is 5.50. The minimum atomic E-state index is 0.498. The summed E-state index contributed by atoms with van der Waals surface area (Å²) in [4.78, 5) is 2.53. The smallest absolute Gasteiger partial charge is 0.0645 e. The van der Waals surface area contributed by atoms with Crippen LogP contribution in [0.1, 0.15) is 13.8 Å². The van der Waals surface area contributed by atoms with E-state index in [1.54, 1.807) is 0 Å². The highest BCUT2D eigenvalue weighted by Gasteiger charge is 2.36. The summed E-state index contributed by atoms with van der Waals surface area (Å²) in [6.07, 6.45) is 0. The van der Waals surface area contributed by atoms with Crippen LogP contribution in [0.25, 0.3) is 0 Å². The Hall–Kier alpha value is -0.120. The average Bonchev–Trinajstić information content (AvgIpc) is 2.02. The fourth-order valence-electron chi connectivity index (χ4n) is 2.26. The molecule has 0 radical (unpaired) electrons. The summed E-state index contributed by atoms with van der Waals surface area (Å²) in [5.74, 6) is 0. The topological polar surface area (TPSA) is 21.7 Å². The molecule has 2 saturated heterocycles. The van der Waals surface area contributed by atoms with Gasteiger partial charge in [0.1, 0.15) is 0 Å². The number of rotatable bonds is 1. The predicted molar refractivity (Wildman–Crippen MR) is 46.2 cm³/mol. The Morgan fingerprint density at radius 2 is 1.42 bits per heavy atom. The van der Waals surface area contributed by atoms with Crippen LogP contribution in [-0.4, -0.2) is 49.5 Å². The molecule has 0 aromatic carbocycles. The van der Waals surface area contributed by atoms with Crippen LogP contribution in [0.4, 0.5) is 0 Å². The van der Waals surface area contributed by atoms with Crippen LogP contribution in [0.5, 0.6) is 0 Å². The van der Waals surface area contributed by atoms with Crippen molar-refractivity contribution in [3.63, 3.8) is 0 Å². The van der Waals surface area contributed by atoms with Gasteiger partial charge in [-0.1, -0.05) is 0 Å². The zero-order chi connectivity index (χ0) is 8.55. The second-order valence-electron chi connectivity index (χ2n) is 3.92. The molecule has 2 rings (SSSR count). The summed E-state index contributed by atoms with van der Waals surface area (Å²) in [7, 11) is 0. The summed E-state index contributed by atoms with van der Waals surface area (Å²) in [5.41, 5.74) is 0. The van der Waals surface area contributed by atoms with Gasteiger partial charge >= 0.3 is 0 Å². The van der Waals surface area contributed by atoms with Crippen molar-refractivity contribution >= 4 is 0 Å². The molecule has 3 nitrogen and oxygen atoms in total. The second kappa shape index (κ2) is 3.32. The van der Waals surface area contributed by atoms with Gasteiger partial charge in [-0.2, -0.15) is 0 Å². The van der Waals surface area contributed by atoms with E-state index in [1.165, 1.54) is 0 Å². The molecule has 0 aromatic heterocycles. The van der Waals surface area contributed by atoms with Crippen molar-refractivity contribution in [2.75, 3.05) is 26.4 Å². The predicted octanol–water partition coefficient (Wildman–Crippen LogP) is 0.494. The van der Waals surface area contributed by atoms with Crippen LogP contribution in [-0.2, 0) is 9.47 Å². The Kier molecular flexibility index (Phi) is 2.35. The lowest BCUT2D eigenvalue weighted by Crippen LogP contribution is -2.61. The lowest BCUT2D eigenvalue weighted by Gasteiger charge is -2.47. The van der Waals surface area contributed by atoms with Gasteiger partial charge in [0.15, 0.2) is 0 Å². The minimum Gasteiger partial charge on any atom is -0.378 e. The van der Waals surface area contributed by atoms with Gasteiger partial charge in [0.05, 0.1) is 38.5 Å². The van der Waals surface area contributed by atoms with E-state index in [1.807, 2.05) is 0 Å². The molecule has 2 bridgehead atoms. The first-order valence-electron chi connectivity index (χ1n) is 4.72. The van der Waals surface area contributed by atoms with Crippen molar-refractivity contribution < 1.29 is 9.47 Å². The van der Waals surface area contributed by atoms with Gasteiger partial charge in [0, 0.05) is 6.04 Å². The van der Waals surface area contributed by atoms with Crippen LogP contribution < -0.4 is 0 Å². The second-order valence-corrected chi connectivity index (χ2v) is 3.92. The van der Waals surface area contributed by atoms with Gasteiger partial charge < -0.3 is 9.47 Å². The summed E-state index contributed by atoms with van der Waals surface area (Å²) in [6.45, 7) is 7.86. The van der Waals surface area contributed by atoms with E-state index < -0.39 is 0 Å². The number of hydrogen-bond donors (Lipinski definition) is 0. The highest BCUT2D eigenvalue weighted by Crippen LogP contribution is 2.21. The quantitative estimate of drug-likeness (QED) is 0.573. The number of ether oxygens (including phenoxy) is 2. The van der Waals surface area contributed by atoms with Gasteiger partial charge in [-0.25, -0.2) is 0 Å². The molecule has 2 heterocycles. The van der Waals surface area contributed by atoms with Gasteiger partial charge in [0.25, 0.3) is 0 Å². The molecular weight excluding hydrogens is 154 g/mol. The molecule has 0 atom stereocenters. The first-order chi connectivity index (χ1) is 5.79. The fraction of sp³-hybridized carbons (Fsp3) is 1.00. The van der Waals surface area contributed by atoms with Crippen LogP contribution in [0.15, 0.2) is 0 Å². The first kappa shape index (κ1) is 8.48. The molecule has 70 valence electrons. The van der Waals surface area contributed by atoms with Crippen LogP contribution in [0.2, 0.25) is 0 Å². The Morgan fingerprint density at radius 3 is 1.67 bits per heavy atom. The van der Waals surface area contributed by atoms with Gasteiger partial charge in [-0.3, -0.25) is 4.90 Å². The van der Waals surface area contributed by atoms with Crippen LogP contribution in [0, 0.1) is 0 Å². The molecule has 0 amide bonds. The highest BCUT2D eigenvalue weighted by molar-refractivity contribution is 4.88. The SMILES string of the molecule is CC(C)N1C2COCC1COC2.